The molecule has 0 atom stereocenters. The molecule has 2 heterocycles. The normalized spacial score (nSPS) is 26.2. The first-order valence-corrected chi connectivity index (χ1v) is 8.24. The Kier molecular flexibility index (Phi) is 7.01. The van der Waals surface area contributed by atoms with Crippen LogP contribution >= 0.6 is 24.0 Å². The number of aliphatic imine (C=N–C) groups is 1. The maximum absolute atomic E-state index is 5.53. The molecule has 2 N–H and O–H groups in total. The van der Waals surface area contributed by atoms with Crippen molar-refractivity contribution in [3.63, 3.8) is 0 Å². The SMILES string of the molecule is C1CCC(CNC2=NCCCN2)(N2CCOCC2)CC1.I. The number of morpholine rings is 1. The van der Waals surface area contributed by atoms with Crippen molar-refractivity contribution < 1.29 is 4.74 Å². The minimum Gasteiger partial charge on any atom is -0.379 e. The summed E-state index contributed by atoms with van der Waals surface area (Å²) in [7, 11) is 0. The highest BCUT2D eigenvalue weighted by molar-refractivity contribution is 14.0. The summed E-state index contributed by atoms with van der Waals surface area (Å²) >= 11 is 0. The Balaban J connectivity index is 0.00000161. The number of hydrogen-bond donors (Lipinski definition) is 2. The predicted molar refractivity (Wildman–Crippen MR) is 96.5 cm³/mol. The monoisotopic (exact) mass is 408 g/mol. The molecule has 0 spiro atoms. The Labute approximate surface area is 145 Å². The van der Waals surface area contributed by atoms with Crippen molar-refractivity contribution in [3.8, 4) is 0 Å². The lowest BCUT2D eigenvalue weighted by atomic mass is 9.80. The molecular weight excluding hydrogens is 379 g/mol. The number of ether oxygens (including phenoxy) is 1. The van der Waals surface area contributed by atoms with Gasteiger partial charge in [-0.1, -0.05) is 19.3 Å². The maximum atomic E-state index is 5.53. The average molecular weight is 408 g/mol. The molecule has 3 aliphatic rings. The van der Waals surface area contributed by atoms with Gasteiger partial charge >= 0.3 is 0 Å². The van der Waals surface area contributed by atoms with Crippen molar-refractivity contribution >= 4 is 29.9 Å². The van der Waals surface area contributed by atoms with Crippen LogP contribution in [0, 0.1) is 0 Å². The number of hydrogen-bond acceptors (Lipinski definition) is 5. The maximum Gasteiger partial charge on any atom is 0.191 e. The van der Waals surface area contributed by atoms with Gasteiger partial charge in [-0.25, -0.2) is 0 Å². The summed E-state index contributed by atoms with van der Waals surface area (Å²) in [5.74, 6) is 1.01. The quantitative estimate of drug-likeness (QED) is 0.697. The second-order valence-electron chi connectivity index (χ2n) is 6.25. The molecule has 6 heteroatoms. The Hall–Kier alpha value is -0.0800. The van der Waals surface area contributed by atoms with Gasteiger partial charge in [0.2, 0.25) is 0 Å². The van der Waals surface area contributed by atoms with Gasteiger partial charge in [-0.2, -0.15) is 0 Å². The highest BCUT2D eigenvalue weighted by atomic mass is 127. The molecule has 0 aromatic heterocycles. The fourth-order valence-electron chi connectivity index (χ4n) is 3.75. The predicted octanol–water partition coefficient (Wildman–Crippen LogP) is 1.58. The summed E-state index contributed by atoms with van der Waals surface area (Å²) in [5.41, 5.74) is 0.323. The fourth-order valence-corrected chi connectivity index (χ4v) is 3.75. The van der Waals surface area contributed by atoms with Crippen LogP contribution in [-0.4, -0.2) is 62.3 Å². The minimum atomic E-state index is 0. The molecule has 0 amide bonds. The molecule has 0 bridgehead atoms. The fraction of sp³-hybridized carbons (Fsp3) is 0.933. The molecule has 2 aliphatic heterocycles. The van der Waals surface area contributed by atoms with Crippen LogP contribution in [0.25, 0.3) is 0 Å². The molecule has 21 heavy (non-hydrogen) atoms. The highest BCUT2D eigenvalue weighted by Crippen LogP contribution is 2.33. The second kappa shape index (κ2) is 8.53. The molecule has 1 aliphatic carbocycles. The number of rotatable bonds is 3. The van der Waals surface area contributed by atoms with Crippen LogP contribution in [0.4, 0.5) is 0 Å². The molecular formula is C15H29IN4O. The smallest absolute Gasteiger partial charge is 0.191 e. The Morgan fingerprint density at radius 1 is 1.14 bits per heavy atom. The number of guanidine groups is 1. The van der Waals surface area contributed by atoms with Gasteiger partial charge in [0.05, 0.1) is 13.2 Å². The standard InChI is InChI=1S/C15H28N4O.HI/c1-2-5-15(6-3-1,19-9-11-20-12-10-19)13-18-14-16-7-4-8-17-14;/h1-13H2,(H2,16,17,18);1H. The van der Waals surface area contributed by atoms with E-state index < -0.39 is 0 Å². The van der Waals surface area contributed by atoms with Gasteiger partial charge < -0.3 is 15.4 Å². The third-order valence-electron chi connectivity index (χ3n) is 4.95. The van der Waals surface area contributed by atoms with E-state index in [0.29, 0.717) is 5.54 Å². The van der Waals surface area contributed by atoms with Crippen molar-refractivity contribution in [2.45, 2.75) is 44.1 Å². The van der Waals surface area contributed by atoms with Gasteiger partial charge in [-0.3, -0.25) is 9.89 Å². The van der Waals surface area contributed by atoms with E-state index in [1.165, 1.54) is 32.1 Å². The van der Waals surface area contributed by atoms with E-state index in [4.69, 9.17) is 4.74 Å². The van der Waals surface area contributed by atoms with Crippen LogP contribution in [0.3, 0.4) is 0 Å². The molecule has 0 aromatic rings. The zero-order chi connectivity index (χ0) is 13.7. The van der Waals surface area contributed by atoms with E-state index in [0.717, 1.165) is 58.3 Å². The van der Waals surface area contributed by atoms with Gasteiger partial charge in [-0.15, -0.1) is 24.0 Å². The molecule has 1 saturated heterocycles. The molecule has 122 valence electrons. The van der Waals surface area contributed by atoms with Gasteiger partial charge in [-0.05, 0) is 19.3 Å². The van der Waals surface area contributed by atoms with Crippen molar-refractivity contribution in [3.05, 3.63) is 0 Å². The molecule has 0 unspecified atom stereocenters. The Morgan fingerprint density at radius 3 is 2.57 bits per heavy atom. The van der Waals surface area contributed by atoms with Gasteiger partial charge in [0, 0.05) is 38.3 Å². The van der Waals surface area contributed by atoms with Gasteiger partial charge in [0.25, 0.3) is 0 Å². The summed E-state index contributed by atoms with van der Waals surface area (Å²) in [6, 6.07) is 0. The summed E-state index contributed by atoms with van der Waals surface area (Å²) in [6.45, 7) is 6.99. The van der Waals surface area contributed by atoms with Crippen molar-refractivity contribution in [2.24, 2.45) is 4.99 Å². The first kappa shape index (κ1) is 17.3. The number of halogens is 1. The van der Waals surface area contributed by atoms with Gasteiger partial charge in [0.15, 0.2) is 5.96 Å². The topological polar surface area (TPSA) is 48.9 Å². The first-order chi connectivity index (χ1) is 9.89. The van der Waals surface area contributed by atoms with Crippen LogP contribution in [0.15, 0.2) is 4.99 Å². The van der Waals surface area contributed by atoms with Crippen LogP contribution < -0.4 is 10.6 Å². The van der Waals surface area contributed by atoms with Gasteiger partial charge in [0.1, 0.15) is 0 Å². The molecule has 3 rings (SSSR count). The van der Waals surface area contributed by atoms with E-state index >= 15 is 0 Å². The molecule has 1 saturated carbocycles. The minimum absolute atomic E-state index is 0. The summed E-state index contributed by atoms with van der Waals surface area (Å²) < 4.78 is 5.53. The lowest BCUT2D eigenvalue weighted by Gasteiger charge is -2.48. The summed E-state index contributed by atoms with van der Waals surface area (Å²) in [4.78, 5) is 7.21. The molecule has 0 aromatic carbocycles. The van der Waals surface area contributed by atoms with Crippen molar-refractivity contribution in [2.75, 3.05) is 45.9 Å². The lowest BCUT2D eigenvalue weighted by molar-refractivity contribution is -0.0352. The van der Waals surface area contributed by atoms with E-state index in [-0.39, 0.29) is 24.0 Å². The first-order valence-electron chi connectivity index (χ1n) is 8.24. The zero-order valence-electron chi connectivity index (χ0n) is 12.9. The second-order valence-corrected chi connectivity index (χ2v) is 6.25. The summed E-state index contributed by atoms with van der Waals surface area (Å²) in [5, 5.41) is 6.96. The van der Waals surface area contributed by atoms with Crippen LogP contribution in [0.2, 0.25) is 0 Å². The Bertz CT molecular complexity index is 339. The van der Waals surface area contributed by atoms with Crippen LogP contribution in [0.1, 0.15) is 38.5 Å². The average Bonchev–Trinajstić information content (AvgIpc) is 2.56. The molecule has 5 nitrogen and oxygen atoms in total. The van der Waals surface area contributed by atoms with Crippen LogP contribution in [-0.2, 0) is 4.74 Å². The molecule has 2 fully saturated rings. The summed E-state index contributed by atoms with van der Waals surface area (Å²) in [6.07, 6.45) is 7.89. The third-order valence-corrected chi connectivity index (χ3v) is 4.95. The Morgan fingerprint density at radius 2 is 1.90 bits per heavy atom. The van der Waals surface area contributed by atoms with E-state index in [1.807, 2.05) is 0 Å². The largest absolute Gasteiger partial charge is 0.379 e. The highest BCUT2D eigenvalue weighted by Gasteiger charge is 2.38. The molecule has 0 radical (unpaired) electrons. The lowest BCUT2D eigenvalue weighted by Crippen LogP contribution is -2.60. The van der Waals surface area contributed by atoms with E-state index in [9.17, 15) is 0 Å². The number of nitrogens with zero attached hydrogens (tertiary/aromatic N) is 2. The third kappa shape index (κ3) is 4.45. The van der Waals surface area contributed by atoms with Crippen molar-refractivity contribution in [1.82, 2.24) is 15.5 Å². The zero-order valence-corrected chi connectivity index (χ0v) is 15.2. The van der Waals surface area contributed by atoms with E-state index in [2.05, 4.69) is 20.5 Å². The number of nitrogens with one attached hydrogen (secondary N) is 2. The van der Waals surface area contributed by atoms with E-state index in [1.54, 1.807) is 0 Å². The van der Waals surface area contributed by atoms with Crippen molar-refractivity contribution in [1.29, 1.82) is 0 Å². The van der Waals surface area contributed by atoms with Crippen LogP contribution in [0.5, 0.6) is 0 Å².